The number of amides is 1. The van der Waals surface area contributed by atoms with E-state index in [1.807, 2.05) is 47.2 Å². The molecule has 0 radical (unpaired) electrons. The normalized spacial score (nSPS) is 11.1. The number of carbonyl (C=O) groups is 1. The Balaban J connectivity index is 1.19. The number of ether oxygens (including phenoxy) is 1. The third-order valence-electron chi connectivity index (χ3n) is 6.05. The second-order valence-electron chi connectivity index (χ2n) is 8.58. The Hall–Kier alpha value is -3.69. The zero-order valence-corrected chi connectivity index (χ0v) is 22.5. The third kappa shape index (κ3) is 5.68. The lowest BCUT2D eigenvalue weighted by Crippen LogP contribution is -2.14. The van der Waals surface area contributed by atoms with Crippen LogP contribution in [0, 0.1) is 13.8 Å². The second-order valence-corrected chi connectivity index (χ2v) is 10.4. The van der Waals surface area contributed by atoms with Gasteiger partial charge in [-0.2, -0.15) is 0 Å². The minimum absolute atomic E-state index is 0.134. The highest BCUT2D eigenvalue weighted by Gasteiger charge is 2.15. The Labute approximate surface area is 223 Å². The van der Waals surface area contributed by atoms with Gasteiger partial charge in [0.15, 0.2) is 16.1 Å². The van der Waals surface area contributed by atoms with E-state index in [4.69, 9.17) is 4.74 Å². The van der Waals surface area contributed by atoms with E-state index >= 15 is 0 Å². The maximum absolute atomic E-state index is 12.6. The molecule has 37 heavy (non-hydrogen) atoms. The summed E-state index contributed by atoms with van der Waals surface area (Å²) in [6, 6.07) is 20.5. The van der Waals surface area contributed by atoms with Crippen molar-refractivity contribution in [2.45, 2.75) is 39.1 Å². The summed E-state index contributed by atoms with van der Waals surface area (Å²) < 4.78 is 8.10. The number of fused-ring (bicyclic) bond motifs is 1. The van der Waals surface area contributed by atoms with Gasteiger partial charge in [-0.1, -0.05) is 71.9 Å². The highest BCUT2D eigenvalue weighted by Crippen LogP contribution is 2.28. The number of rotatable bonds is 9. The van der Waals surface area contributed by atoms with Crippen LogP contribution in [-0.2, 0) is 17.9 Å². The van der Waals surface area contributed by atoms with Gasteiger partial charge >= 0.3 is 0 Å². The van der Waals surface area contributed by atoms with Crippen molar-refractivity contribution in [3.8, 4) is 17.0 Å². The van der Waals surface area contributed by atoms with Crippen molar-refractivity contribution < 1.29 is 9.53 Å². The number of aryl methyl sites for hydroxylation is 2. The van der Waals surface area contributed by atoms with Crippen LogP contribution in [0.15, 0.2) is 71.2 Å². The van der Waals surface area contributed by atoms with E-state index in [1.54, 1.807) is 0 Å². The maximum atomic E-state index is 12.6. The van der Waals surface area contributed by atoms with E-state index in [0.29, 0.717) is 23.4 Å². The van der Waals surface area contributed by atoms with Crippen molar-refractivity contribution in [1.82, 2.24) is 19.7 Å². The lowest BCUT2D eigenvalue weighted by atomic mass is 10.0. The molecular weight excluding hydrogens is 502 g/mol. The fraction of sp³-hybridized carbons (Fsp3) is 0.214. The van der Waals surface area contributed by atoms with E-state index in [1.165, 1.54) is 39.4 Å². The minimum atomic E-state index is -0.134. The molecule has 188 valence electrons. The summed E-state index contributed by atoms with van der Waals surface area (Å²) in [6.07, 6.45) is 0. The zero-order valence-electron chi connectivity index (χ0n) is 20.9. The molecule has 0 aliphatic carbocycles. The lowest BCUT2D eigenvalue weighted by Gasteiger charge is -2.12. The van der Waals surface area contributed by atoms with Crippen molar-refractivity contribution in [2.75, 3.05) is 11.1 Å². The van der Waals surface area contributed by atoms with Crippen LogP contribution in [0.3, 0.4) is 0 Å². The van der Waals surface area contributed by atoms with Gasteiger partial charge in [0.25, 0.3) is 0 Å². The van der Waals surface area contributed by atoms with Gasteiger partial charge in [-0.05, 0) is 43.2 Å². The molecule has 9 heteroatoms. The molecular formula is C28H27N5O2S2. The number of hydrogen-bond donors (Lipinski definition) is 1. The Morgan fingerprint density at radius 2 is 1.86 bits per heavy atom. The van der Waals surface area contributed by atoms with Crippen molar-refractivity contribution in [1.29, 1.82) is 0 Å². The molecule has 0 fully saturated rings. The summed E-state index contributed by atoms with van der Waals surface area (Å²) >= 11 is 2.76. The smallest absolute Gasteiger partial charge is 0.236 e. The molecule has 0 bridgehead atoms. The Bertz CT molecular complexity index is 1540. The number of thioether (sulfide) groups is 1. The average molecular weight is 530 g/mol. The van der Waals surface area contributed by atoms with Gasteiger partial charge in [0, 0.05) is 17.5 Å². The van der Waals surface area contributed by atoms with Crippen LogP contribution in [0.2, 0.25) is 0 Å². The number of nitrogens with one attached hydrogen (secondary N) is 1. The minimum Gasteiger partial charge on any atom is -0.485 e. The summed E-state index contributed by atoms with van der Waals surface area (Å²) in [6.45, 7) is 7.12. The van der Waals surface area contributed by atoms with Crippen LogP contribution in [0.5, 0.6) is 5.75 Å². The van der Waals surface area contributed by atoms with Gasteiger partial charge in [0.2, 0.25) is 5.91 Å². The van der Waals surface area contributed by atoms with Gasteiger partial charge in [0.1, 0.15) is 12.4 Å². The molecule has 0 saturated carbocycles. The molecule has 7 nitrogen and oxygen atoms in total. The van der Waals surface area contributed by atoms with Gasteiger partial charge in [0.05, 0.1) is 11.4 Å². The number of aromatic nitrogens is 4. The van der Waals surface area contributed by atoms with E-state index in [9.17, 15) is 4.79 Å². The first kappa shape index (κ1) is 25.0. The molecule has 0 spiro atoms. The molecule has 0 aliphatic heterocycles. The molecule has 1 amide bonds. The fourth-order valence-electron chi connectivity index (χ4n) is 4.03. The first-order valence-corrected chi connectivity index (χ1v) is 13.9. The lowest BCUT2D eigenvalue weighted by molar-refractivity contribution is -0.113. The summed E-state index contributed by atoms with van der Waals surface area (Å²) in [5, 5.41) is 17.1. The summed E-state index contributed by atoms with van der Waals surface area (Å²) in [7, 11) is 0. The zero-order chi connectivity index (χ0) is 25.8. The van der Waals surface area contributed by atoms with Crippen LogP contribution in [0.25, 0.3) is 22.0 Å². The van der Waals surface area contributed by atoms with E-state index < -0.39 is 0 Å². The number of thiazole rings is 1. The van der Waals surface area contributed by atoms with Crippen LogP contribution in [0.4, 0.5) is 5.13 Å². The van der Waals surface area contributed by atoms with Crippen molar-refractivity contribution in [3.05, 3.63) is 83.0 Å². The quantitative estimate of drug-likeness (QED) is 0.220. The standard InChI is InChI=1S/C28H27N5O2S2/c1-4-33-25(15-35-24-14-13-20-7-5-6-8-22(20)19(24)3)31-32-28(33)37-17-26(34)30-27-29-23(16-36-27)21-11-9-18(2)10-12-21/h5-14,16H,4,15,17H2,1-3H3,(H,29,30,34). The molecule has 1 N–H and O–H groups in total. The highest BCUT2D eigenvalue weighted by atomic mass is 32.2. The third-order valence-corrected chi connectivity index (χ3v) is 7.77. The predicted octanol–water partition coefficient (Wildman–Crippen LogP) is 6.50. The van der Waals surface area contributed by atoms with Gasteiger partial charge in [-0.15, -0.1) is 21.5 Å². The second kappa shape index (κ2) is 11.1. The monoisotopic (exact) mass is 529 g/mol. The molecule has 0 unspecified atom stereocenters. The molecule has 2 heterocycles. The van der Waals surface area contributed by atoms with Gasteiger partial charge < -0.3 is 14.6 Å². The average Bonchev–Trinajstić information content (AvgIpc) is 3.54. The fourth-order valence-corrected chi connectivity index (χ4v) is 5.59. The molecule has 5 rings (SSSR count). The number of nitrogens with zero attached hydrogens (tertiary/aromatic N) is 4. The molecule has 0 aliphatic rings. The van der Waals surface area contributed by atoms with Gasteiger partial charge in [-0.3, -0.25) is 4.79 Å². The van der Waals surface area contributed by atoms with Crippen molar-refractivity contribution >= 4 is 44.9 Å². The molecule has 0 saturated heterocycles. The predicted molar refractivity (Wildman–Crippen MR) is 150 cm³/mol. The molecule has 2 aromatic heterocycles. The van der Waals surface area contributed by atoms with Gasteiger partial charge in [-0.25, -0.2) is 4.98 Å². The Morgan fingerprint density at radius 3 is 2.68 bits per heavy atom. The van der Waals surface area contributed by atoms with Crippen LogP contribution in [-0.4, -0.2) is 31.4 Å². The van der Waals surface area contributed by atoms with Crippen LogP contribution >= 0.6 is 23.1 Å². The summed E-state index contributed by atoms with van der Waals surface area (Å²) in [5.41, 5.74) is 4.18. The van der Waals surface area contributed by atoms with Crippen molar-refractivity contribution in [2.24, 2.45) is 0 Å². The van der Waals surface area contributed by atoms with E-state index in [0.717, 1.165) is 28.4 Å². The summed E-state index contributed by atoms with van der Waals surface area (Å²) in [5.74, 6) is 1.62. The molecule has 3 aromatic carbocycles. The van der Waals surface area contributed by atoms with E-state index in [-0.39, 0.29) is 11.7 Å². The SMILES string of the molecule is CCn1c(COc2ccc3ccccc3c2C)nnc1SCC(=O)Nc1nc(-c2ccc(C)cc2)cs1. The topological polar surface area (TPSA) is 81.9 Å². The number of benzene rings is 3. The first-order chi connectivity index (χ1) is 18.0. The number of carbonyl (C=O) groups excluding carboxylic acids is 1. The van der Waals surface area contributed by atoms with Crippen LogP contribution < -0.4 is 10.1 Å². The molecule has 5 aromatic rings. The summed E-state index contributed by atoms with van der Waals surface area (Å²) in [4.78, 5) is 17.1. The van der Waals surface area contributed by atoms with E-state index in [2.05, 4.69) is 64.7 Å². The number of hydrogen-bond acceptors (Lipinski definition) is 7. The first-order valence-electron chi connectivity index (χ1n) is 12.0. The molecule has 0 atom stereocenters. The Kier molecular flexibility index (Phi) is 7.52. The van der Waals surface area contributed by atoms with Crippen molar-refractivity contribution in [3.63, 3.8) is 0 Å². The van der Waals surface area contributed by atoms with Crippen LogP contribution in [0.1, 0.15) is 23.9 Å². The number of anilines is 1. The highest BCUT2D eigenvalue weighted by molar-refractivity contribution is 7.99. The maximum Gasteiger partial charge on any atom is 0.236 e. The Morgan fingerprint density at radius 1 is 1.05 bits per heavy atom. The largest absolute Gasteiger partial charge is 0.485 e.